The van der Waals surface area contributed by atoms with E-state index in [1.165, 1.54) is 4.90 Å². The number of nitrogens with zero attached hydrogens (tertiary/aromatic N) is 1. The third-order valence-electron chi connectivity index (χ3n) is 3.07. The largest absolute Gasteiger partial charge is 0.405 e. The summed E-state index contributed by atoms with van der Waals surface area (Å²) < 4.78 is 37.8. The van der Waals surface area contributed by atoms with Crippen molar-refractivity contribution in [3.63, 3.8) is 0 Å². The molecule has 0 radical (unpaired) electrons. The first kappa shape index (κ1) is 14.5. The Kier molecular flexibility index (Phi) is 4.26. The van der Waals surface area contributed by atoms with Crippen molar-refractivity contribution >= 4 is 17.3 Å². The van der Waals surface area contributed by atoms with Gasteiger partial charge in [-0.05, 0) is 37.6 Å². The molecule has 1 fully saturated rings. The zero-order valence-corrected chi connectivity index (χ0v) is 11.4. The Hall–Kier alpha value is -0.940. The molecule has 0 heterocycles. The van der Waals surface area contributed by atoms with Crippen LogP contribution < -0.4 is 10.2 Å². The summed E-state index contributed by atoms with van der Waals surface area (Å²) in [6.45, 7) is -0.318. The number of hydrogen-bond acceptors (Lipinski definition) is 2. The molecule has 0 aliphatic heterocycles. The highest BCUT2D eigenvalue weighted by atomic mass is 35.5. The summed E-state index contributed by atoms with van der Waals surface area (Å²) in [5.74, 6) is 0. The molecule has 1 aromatic carbocycles. The summed E-state index contributed by atoms with van der Waals surface area (Å²) in [5, 5.41) is 3.47. The Labute approximate surface area is 115 Å². The van der Waals surface area contributed by atoms with Crippen LogP contribution in [0.3, 0.4) is 0 Å². The van der Waals surface area contributed by atoms with E-state index < -0.39 is 12.7 Å². The average molecular weight is 293 g/mol. The second-order valence-corrected chi connectivity index (χ2v) is 5.19. The minimum Gasteiger partial charge on any atom is -0.359 e. The van der Waals surface area contributed by atoms with Crippen LogP contribution in [-0.4, -0.2) is 25.8 Å². The number of halogens is 4. The molecule has 0 atom stereocenters. The molecule has 0 amide bonds. The van der Waals surface area contributed by atoms with Gasteiger partial charge in [-0.2, -0.15) is 13.2 Å². The van der Waals surface area contributed by atoms with Gasteiger partial charge in [0.2, 0.25) is 0 Å². The van der Waals surface area contributed by atoms with Gasteiger partial charge in [-0.25, -0.2) is 0 Å². The molecule has 0 spiro atoms. The molecule has 1 saturated carbocycles. The molecule has 19 heavy (non-hydrogen) atoms. The molecule has 1 aliphatic carbocycles. The number of rotatable bonds is 5. The molecule has 0 unspecified atom stereocenters. The maximum absolute atomic E-state index is 12.6. The first-order valence-corrected chi connectivity index (χ1v) is 6.55. The molecule has 1 aromatic rings. The maximum Gasteiger partial charge on any atom is 0.405 e. The Morgan fingerprint density at radius 1 is 1.37 bits per heavy atom. The second kappa shape index (κ2) is 5.59. The summed E-state index contributed by atoms with van der Waals surface area (Å²) >= 11 is 6.10. The normalized spacial score (nSPS) is 15.6. The van der Waals surface area contributed by atoms with Crippen molar-refractivity contribution in [3.8, 4) is 0 Å². The van der Waals surface area contributed by atoms with E-state index in [2.05, 4.69) is 5.32 Å². The topological polar surface area (TPSA) is 15.3 Å². The molecular formula is C13H16ClF3N2. The number of hydrogen-bond donors (Lipinski definition) is 1. The van der Waals surface area contributed by atoms with Gasteiger partial charge in [0, 0.05) is 23.3 Å². The molecule has 1 N–H and O–H groups in total. The average Bonchev–Trinajstić information content (AvgIpc) is 3.12. The van der Waals surface area contributed by atoms with Gasteiger partial charge in [0.1, 0.15) is 6.54 Å². The Morgan fingerprint density at radius 3 is 2.53 bits per heavy atom. The van der Waals surface area contributed by atoms with E-state index >= 15 is 0 Å². The van der Waals surface area contributed by atoms with Gasteiger partial charge in [0.05, 0.1) is 0 Å². The van der Waals surface area contributed by atoms with Crippen LogP contribution in [0.1, 0.15) is 18.4 Å². The first-order chi connectivity index (χ1) is 8.90. The Morgan fingerprint density at radius 2 is 2.05 bits per heavy atom. The van der Waals surface area contributed by atoms with E-state index in [4.69, 9.17) is 11.6 Å². The smallest absolute Gasteiger partial charge is 0.359 e. The lowest BCUT2D eigenvalue weighted by Gasteiger charge is -2.26. The fourth-order valence-corrected chi connectivity index (χ4v) is 2.30. The number of alkyl halides is 3. The van der Waals surface area contributed by atoms with Crippen molar-refractivity contribution in [1.82, 2.24) is 5.32 Å². The summed E-state index contributed by atoms with van der Waals surface area (Å²) in [6, 6.07) is 5.11. The SMILES string of the molecule is CNCc1ccc(N(CC(F)(F)F)C2CC2)cc1Cl. The summed E-state index contributed by atoms with van der Waals surface area (Å²) in [6.07, 6.45) is -2.57. The van der Waals surface area contributed by atoms with Crippen molar-refractivity contribution in [1.29, 1.82) is 0 Å². The van der Waals surface area contributed by atoms with Gasteiger partial charge in [-0.1, -0.05) is 17.7 Å². The third kappa shape index (κ3) is 4.01. The van der Waals surface area contributed by atoms with Crippen LogP contribution in [-0.2, 0) is 6.54 Å². The summed E-state index contributed by atoms with van der Waals surface area (Å²) in [5.41, 5.74) is 1.43. The minimum atomic E-state index is -4.20. The lowest BCUT2D eigenvalue weighted by Crippen LogP contribution is -2.36. The second-order valence-electron chi connectivity index (χ2n) is 4.78. The highest BCUT2D eigenvalue weighted by Crippen LogP contribution is 2.35. The standard InChI is InChI=1S/C13H16ClF3N2/c1-18-7-9-2-3-11(6-12(9)14)19(10-4-5-10)8-13(15,16)17/h2-3,6,10,18H,4-5,7-8H2,1H3. The number of nitrogens with one attached hydrogen (secondary N) is 1. The molecule has 1 aliphatic rings. The lowest BCUT2D eigenvalue weighted by molar-refractivity contribution is -0.120. The van der Waals surface area contributed by atoms with E-state index in [9.17, 15) is 13.2 Å². The third-order valence-corrected chi connectivity index (χ3v) is 3.42. The molecule has 0 aromatic heterocycles. The van der Waals surface area contributed by atoms with Crippen LogP contribution >= 0.6 is 11.6 Å². The zero-order chi connectivity index (χ0) is 14.0. The van der Waals surface area contributed by atoms with Crippen LogP contribution in [0.4, 0.5) is 18.9 Å². The summed E-state index contributed by atoms with van der Waals surface area (Å²) in [4.78, 5) is 1.40. The number of benzene rings is 1. The monoisotopic (exact) mass is 292 g/mol. The maximum atomic E-state index is 12.6. The summed E-state index contributed by atoms with van der Waals surface area (Å²) in [7, 11) is 1.80. The quantitative estimate of drug-likeness (QED) is 0.892. The molecule has 0 bridgehead atoms. The van der Waals surface area contributed by atoms with Crippen LogP contribution in [0.15, 0.2) is 18.2 Å². The molecule has 2 nitrogen and oxygen atoms in total. The van der Waals surface area contributed by atoms with E-state index in [0.717, 1.165) is 18.4 Å². The molecular weight excluding hydrogens is 277 g/mol. The van der Waals surface area contributed by atoms with E-state index in [0.29, 0.717) is 17.3 Å². The van der Waals surface area contributed by atoms with Crippen molar-refractivity contribution in [2.45, 2.75) is 31.6 Å². The molecule has 106 valence electrons. The van der Waals surface area contributed by atoms with Crippen LogP contribution in [0.25, 0.3) is 0 Å². The lowest BCUT2D eigenvalue weighted by atomic mass is 10.2. The van der Waals surface area contributed by atoms with Gasteiger partial charge in [-0.3, -0.25) is 0 Å². The molecule has 6 heteroatoms. The van der Waals surface area contributed by atoms with Gasteiger partial charge in [0.15, 0.2) is 0 Å². The van der Waals surface area contributed by atoms with Crippen LogP contribution in [0, 0.1) is 0 Å². The van der Waals surface area contributed by atoms with E-state index in [-0.39, 0.29) is 6.04 Å². The van der Waals surface area contributed by atoms with Crippen molar-refractivity contribution in [2.24, 2.45) is 0 Å². The van der Waals surface area contributed by atoms with Crippen molar-refractivity contribution in [3.05, 3.63) is 28.8 Å². The van der Waals surface area contributed by atoms with Crippen LogP contribution in [0.5, 0.6) is 0 Å². The first-order valence-electron chi connectivity index (χ1n) is 6.17. The van der Waals surface area contributed by atoms with E-state index in [1.54, 1.807) is 25.2 Å². The van der Waals surface area contributed by atoms with Crippen molar-refractivity contribution in [2.75, 3.05) is 18.5 Å². The van der Waals surface area contributed by atoms with Crippen molar-refractivity contribution < 1.29 is 13.2 Å². The fourth-order valence-electron chi connectivity index (χ4n) is 2.06. The fraction of sp³-hybridized carbons (Fsp3) is 0.538. The number of anilines is 1. The Bertz CT molecular complexity index is 444. The van der Waals surface area contributed by atoms with E-state index in [1.807, 2.05) is 0 Å². The van der Waals surface area contributed by atoms with Gasteiger partial charge in [0.25, 0.3) is 0 Å². The highest BCUT2D eigenvalue weighted by Gasteiger charge is 2.38. The van der Waals surface area contributed by atoms with Gasteiger partial charge in [-0.15, -0.1) is 0 Å². The highest BCUT2D eigenvalue weighted by molar-refractivity contribution is 6.31. The molecule has 2 rings (SSSR count). The van der Waals surface area contributed by atoms with Gasteiger partial charge >= 0.3 is 6.18 Å². The predicted molar refractivity (Wildman–Crippen MR) is 70.6 cm³/mol. The van der Waals surface area contributed by atoms with Gasteiger partial charge < -0.3 is 10.2 Å². The Balaban J connectivity index is 2.20. The molecule has 0 saturated heterocycles. The zero-order valence-electron chi connectivity index (χ0n) is 10.6. The van der Waals surface area contributed by atoms with Crippen LogP contribution in [0.2, 0.25) is 5.02 Å². The minimum absolute atomic E-state index is 0.00663. The predicted octanol–water partition coefficient (Wildman–Crippen LogP) is 3.59.